The molecule has 0 aromatic carbocycles. The molecule has 3 saturated heterocycles. The lowest BCUT2D eigenvalue weighted by Crippen LogP contribution is -2.41. The van der Waals surface area contributed by atoms with E-state index < -0.39 is 0 Å². The maximum atomic E-state index is 6.06. The van der Waals surface area contributed by atoms with Crippen molar-refractivity contribution in [2.24, 2.45) is 16.8 Å². The van der Waals surface area contributed by atoms with Crippen molar-refractivity contribution in [1.82, 2.24) is 19.6 Å². The van der Waals surface area contributed by atoms with E-state index in [0.717, 1.165) is 36.2 Å². The standard InChI is InChI=1S/C16H21N5OS/c1-17-15(18-6-10-7-20-4-5-23-16(20)19-10)21-8-11-12(9-21)14-3-2-13(11)22-14/h4-5,7,11-14H,2-3,6,8-9H2,1H3,(H,17,18). The molecular formula is C16H21N5OS. The van der Waals surface area contributed by atoms with E-state index in [2.05, 4.69) is 36.2 Å². The van der Waals surface area contributed by atoms with Gasteiger partial charge in [-0.3, -0.25) is 9.39 Å². The van der Waals surface area contributed by atoms with Gasteiger partial charge in [0.2, 0.25) is 0 Å². The van der Waals surface area contributed by atoms with E-state index in [4.69, 9.17) is 4.74 Å². The number of fused-ring (bicyclic) bond motifs is 6. The van der Waals surface area contributed by atoms with Crippen LogP contribution in [0, 0.1) is 11.8 Å². The molecule has 3 fully saturated rings. The predicted molar refractivity (Wildman–Crippen MR) is 89.7 cm³/mol. The summed E-state index contributed by atoms with van der Waals surface area (Å²) in [7, 11) is 1.87. The molecule has 122 valence electrons. The number of rotatable bonds is 2. The SMILES string of the molecule is CN=C(NCc1cn2ccsc2n1)N1CC2C3CCC(O3)C2C1. The monoisotopic (exact) mass is 331 g/mol. The minimum atomic E-state index is 0.494. The number of guanidine groups is 1. The Morgan fingerprint density at radius 1 is 1.39 bits per heavy atom. The van der Waals surface area contributed by atoms with Gasteiger partial charge in [0.05, 0.1) is 24.4 Å². The number of aliphatic imine (C=N–C) groups is 1. The normalized spacial score (nSPS) is 32.9. The van der Waals surface area contributed by atoms with Gasteiger partial charge in [0.25, 0.3) is 0 Å². The molecule has 1 N–H and O–H groups in total. The lowest BCUT2D eigenvalue weighted by atomic mass is 9.82. The lowest BCUT2D eigenvalue weighted by molar-refractivity contribution is 0.0767. The van der Waals surface area contributed by atoms with Gasteiger partial charge in [-0.15, -0.1) is 11.3 Å². The summed E-state index contributed by atoms with van der Waals surface area (Å²) in [6.45, 7) is 2.86. The molecule has 0 aliphatic carbocycles. The van der Waals surface area contributed by atoms with Crippen LogP contribution in [-0.2, 0) is 11.3 Å². The second-order valence-corrected chi connectivity index (χ2v) is 7.62. The fraction of sp³-hybridized carbons (Fsp3) is 0.625. The van der Waals surface area contributed by atoms with E-state index in [1.54, 1.807) is 11.3 Å². The van der Waals surface area contributed by atoms with Crippen LogP contribution in [0.2, 0.25) is 0 Å². The maximum Gasteiger partial charge on any atom is 0.193 e. The van der Waals surface area contributed by atoms with E-state index in [-0.39, 0.29) is 0 Å². The summed E-state index contributed by atoms with van der Waals surface area (Å²) in [6, 6.07) is 0. The van der Waals surface area contributed by atoms with Crippen molar-refractivity contribution in [2.75, 3.05) is 20.1 Å². The van der Waals surface area contributed by atoms with E-state index in [9.17, 15) is 0 Å². The first kappa shape index (κ1) is 13.8. The van der Waals surface area contributed by atoms with Gasteiger partial charge < -0.3 is 15.0 Å². The lowest BCUT2D eigenvalue weighted by Gasteiger charge is -2.23. The molecule has 4 unspecified atom stereocenters. The fourth-order valence-corrected chi connectivity index (χ4v) is 5.21. The third-order valence-electron chi connectivity index (χ3n) is 5.53. The summed E-state index contributed by atoms with van der Waals surface area (Å²) < 4.78 is 8.13. The highest BCUT2D eigenvalue weighted by atomic mass is 32.1. The number of imidazole rings is 1. The molecule has 4 atom stereocenters. The number of thiazole rings is 1. The second kappa shape index (κ2) is 5.21. The van der Waals surface area contributed by atoms with Gasteiger partial charge in [-0.1, -0.05) is 0 Å². The topological polar surface area (TPSA) is 54.2 Å². The zero-order valence-electron chi connectivity index (χ0n) is 13.2. The maximum absolute atomic E-state index is 6.06. The number of aromatic nitrogens is 2. The van der Waals surface area contributed by atoms with Crippen LogP contribution < -0.4 is 5.32 Å². The van der Waals surface area contributed by atoms with Gasteiger partial charge in [0.1, 0.15) is 0 Å². The van der Waals surface area contributed by atoms with Crippen LogP contribution in [0.5, 0.6) is 0 Å². The van der Waals surface area contributed by atoms with Crippen molar-refractivity contribution in [2.45, 2.75) is 31.6 Å². The number of nitrogens with zero attached hydrogens (tertiary/aromatic N) is 4. The minimum Gasteiger partial charge on any atom is -0.374 e. The fourth-order valence-electron chi connectivity index (χ4n) is 4.50. The Balaban J connectivity index is 1.25. The highest BCUT2D eigenvalue weighted by Gasteiger charge is 2.53. The molecule has 6 nitrogen and oxygen atoms in total. The molecular weight excluding hydrogens is 310 g/mol. The third kappa shape index (κ3) is 2.17. The molecule has 5 heterocycles. The van der Waals surface area contributed by atoms with Crippen LogP contribution >= 0.6 is 11.3 Å². The van der Waals surface area contributed by atoms with Crippen molar-refractivity contribution in [3.63, 3.8) is 0 Å². The van der Waals surface area contributed by atoms with Crippen LogP contribution in [0.15, 0.2) is 22.8 Å². The summed E-state index contributed by atoms with van der Waals surface area (Å²) in [4.78, 5) is 12.6. The number of hydrogen-bond acceptors (Lipinski definition) is 4. The summed E-state index contributed by atoms with van der Waals surface area (Å²) in [5.41, 5.74) is 1.06. The van der Waals surface area contributed by atoms with Crippen LogP contribution in [0.3, 0.4) is 0 Å². The molecule has 3 aliphatic rings. The summed E-state index contributed by atoms with van der Waals surface area (Å²) >= 11 is 1.66. The van der Waals surface area contributed by atoms with Gasteiger partial charge >= 0.3 is 0 Å². The summed E-state index contributed by atoms with van der Waals surface area (Å²) in [5.74, 6) is 2.39. The number of likely N-dealkylation sites (tertiary alicyclic amines) is 1. The first-order chi connectivity index (χ1) is 11.3. The Hall–Kier alpha value is -1.60. The Labute approximate surface area is 139 Å². The average Bonchev–Trinajstić information content (AvgIpc) is 3.31. The minimum absolute atomic E-state index is 0.494. The predicted octanol–water partition coefficient (Wildman–Crippen LogP) is 1.58. The molecule has 7 heteroatoms. The average molecular weight is 331 g/mol. The number of nitrogens with one attached hydrogen (secondary N) is 1. The van der Waals surface area contributed by atoms with E-state index >= 15 is 0 Å². The van der Waals surface area contributed by atoms with Crippen molar-refractivity contribution < 1.29 is 4.74 Å². The van der Waals surface area contributed by atoms with Crippen LogP contribution in [0.4, 0.5) is 0 Å². The van der Waals surface area contributed by atoms with E-state index in [1.165, 1.54) is 12.8 Å². The van der Waals surface area contributed by atoms with Gasteiger partial charge in [0.15, 0.2) is 10.9 Å². The highest BCUT2D eigenvalue weighted by Crippen LogP contribution is 2.47. The van der Waals surface area contributed by atoms with Gasteiger partial charge in [-0.05, 0) is 12.8 Å². The van der Waals surface area contributed by atoms with Gasteiger partial charge in [-0.25, -0.2) is 4.98 Å². The molecule has 2 aromatic rings. The van der Waals surface area contributed by atoms with Crippen molar-refractivity contribution in [3.05, 3.63) is 23.5 Å². The van der Waals surface area contributed by atoms with Crippen LogP contribution in [-0.4, -0.2) is 52.6 Å². The van der Waals surface area contributed by atoms with E-state index in [1.807, 2.05) is 13.2 Å². The third-order valence-corrected chi connectivity index (χ3v) is 6.31. The Bertz CT molecular complexity index is 706. The van der Waals surface area contributed by atoms with Crippen molar-refractivity contribution in [3.8, 4) is 0 Å². The molecule has 2 bridgehead atoms. The molecule has 0 radical (unpaired) electrons. The van der Waals surface area contributed by atoms with Gasteiger partial charge in [-0.2, -0.15) is 0 Å². The molecule has 0 amide bonds. The Morgan fingerprint density at radius 2 is 2.17 bits per heavy atom. The van der Waals surface area contributed by atoms with Crippen LogP contribution in [0.25, 0.3) is 4.96 Å². The van der Waals surface area contributed by atoms with Crippen molar-refractivity contribution >= 4 is 22.3 Å². The molecule has 0 saturated carbocycles. The molecule has 5 rings (SSSR count). The van der Waals surface area contributed by atoms with Crippen molar-refractivity contribution in [1.29, 1.82) is 0 Å². The largest absolute Gasteiger partial charge is 0.374 e. The quantitative estimate of drug-likeness (QED) is 0.671. The zero-order chi connectivity index (χ0) is 15.4. The Morgan fingerprint density at radius 3 is 2.87 bits per heavy atom. The molecule has 3 aliphatic heterocycles. The molecule has 2 aromatic heterocycles. The number of ether oxygens (including phenoxy) is 1. The zero-order valence-corrected chi connectivity index (χ0v) is 14.0. The summed E-state index contributed by atoms with van der Waals surface area (Å²) in [6.07, 6.45) is 7.61. The van der Waals surface area contributed by atoms with E-state index in [0.29, 0.717) is 24.0 Å². The smallest absolute Gasteiger partial charge is 0.193 e. The number of hydrogen-bond donors (Lipinski definition) is 1. The first-order valence-electron chi connectivity index (χ1n) is 8.34. The molecule has 23 heavy (non-hydrogen) atoms. The molecule has 0 spiro atoms. The van der Waals surface area contributed by atoms with Crippen LogP contribution in [0.1, 0.15) is 18.5 Å². The highest BCUT2D eigenvalue weighted by molar-refractivity contribution is 7.15. The Kier molecular flexibility index (Phi) is 3.12. The second-order valence-electron chi connectivity index (χ2n) is 6.75. The van der Waals surface area contributed by atoms with Gasteiger partial charge in [0, 0.05) is 49.7 Å². The summed E-state index contributed by atoms with van der Waals surface area (Å²) in [5, 5.41) is 5.54. The first-order valence-corrected chi connectivity index (χ1v) is 9.22.